The van der Waals surface area contributed by atoms with Gasteiger partial charge in [-0.2, -0.15) is 4.98 Å². The summed E-state index contributed by atoms with van der Waals surface area (Å²) in [4.78, 5) is 8.42. The molecular weight excluding hydrogens is 264 g/mol. The number of nitrogens with two attached hydrogens (primary N) is 1. The second-order valence-corrected chi connectivity index (χ2v) is 4.71. The molecule has 19 heavy (non-hydrogen) atoms. The van der Waals surface area contributed by atoms with E-state index in [2.05, 4.69) is 15.1 Å². The van der Waals surface area contributed by atoms with E-state index in [9.17, 15) is 0 Å². The second-order valence-electron chi connectivity index (χ2n) is 3.71. The predicted molar refractivity (Wildman–Crippen MR) is 70.2 cm³/mol. The SMILES string of the molecule is Nc1ccc(SCc2noc(-c3ccco3)n2)nc1. The Morgan fingerprint density at radius 2 is 2.21 bits per heavy atom. The standard InChI is InChI=1S/C12H10N4O2S/c13-8-3-4-11(14-6-8)19-7-10-15-12(18-16-10)9-2-1-5-17-9/h1-6H,7,13H2. The van der Waals surface area contributed by atoms with Crippen LogP contribution in [0.25, 0.3) is 11.7 Å². The molecule has 2 N–H and O–H groups in total. The Hall–Kier alpha value is -2.28. The molecule has 3 heterocycles. The molecule has 3 rings (SSSR count). The quantitative estimate of drug-likeness (QED) is 0.731. The Morgan fingerprint density at radius 3 is 2.95 bits per heavy atom. The number of thioether (sulfide) groups is 1. The third-order valence-corrected chi connectivity index (χ3v) is 3.25. The second kappa shape index (κ2) is 5.15. The van der Waals surface area contributed by atoms with Gasteiger partial charge < -0.3 is 14.7 Å². The number of pyridine rings is 1. The van der Waals surface area contributed by atoms with Crippen LogP contribution in [0.3, 0.4) is 0 Å². The van der Waals surface area contributed by atoms with Gasteiger partial charge >= 0.3 is 0 Å². The van der Waals surface area contributed by atoms with Crippen LogP contribution in [-0.2, 0) is 5.75 Å². The average molecular weight is 274 g/mol. The molecule has 3 aromatic rings. The molecule has 0 aromatic carbocycles. The lowest BCUT2D eigenvalue weighted by Crippen LogP contribution is -1.88. The number of hydrogen-bond acceptors (Lipinski definition) is 7. The van der Waals surface area contributed by atoms with Crippen molar-refractivity contribution in [2.75, 3.05) is 5.73 Å². The highest BCUT2D eigenvalue weighted by Crippen LogP contribution is 2.22. The monoisotopic (exact) mass is 274 g/mol. The van der Waals surface area contributed by atoms with E-state index in [1.807, 2.05) is 6.07 Å². The average Bonchev–Trinajstić information content (AvgIpc) is 3.09. The fourth-order valence-electron chi connectivity index (χ4n) is 1.43. The normalized spacial score (nSPS) is 10.7. The topological polar surface area (TPSA) is 91.0 Å². The van der Waals surface area contributed by atoms with Crippen LogP contribution in [0.2, 0.25) is 0 Å². The molecule has 0 radical (unpaired) electrons. The summed E-state index contributed by atoms with van der Waals surface area (Å²) in [6.45, 7) is 0. The van der Waals surface area contributed by atoms with Crippen molar-refractivity contribution in [3.63, 3.8) is 0 Å². The van der Waals surface area contributed by atoms with E-state index in [1.54, 1.807) is 30.7 Å². The van der Waals surface area contributed by atoms with E-state index in [4.69, 9.17) is 14.7 Å². The Labute approximate surface area is 113 Å². The van der Waals surface area contributed by atoms with Gasteiger partial charge in [0.25, 0.3) is 5.89 Å². The van der Waals surface area contributed by atoms with Gasteiger partial charge in [0.1, 0.15) is 0 Å². The summed E-state index contributed by atoms with van der Waals surface area (Å²) in [5, 5.41) is 4.75. The maximum Gasteiger partial charge on any atom is 0.293 e. The zero-order valence-corrected chi connectivity index (χ0v) is 10.6. The molecule has 0 fully saturated rings. The minimum Gasteiger partial charge on any atom is -0.459 e. The van der Waals surface area contributed by atoms with E-state index in [1.165, 1.54) is 11.8 Å². The van der Waals surface area contributed by atoms with E-state index < -0.39 is 0 Å². The highest BCUT2D eigenvalue weighted by molar-refractivity contribution is 7.98. The van der Waals surface area contributed by atoms with Crippen molar-refractivity contribution in [1.29, 1.82) is 0 Å². The Balaban J connectivity index is 1.66. The van der Waals surface area contributed by atoms with Crippen molar-refractivity contribution >= 4 is 17.4 Å². The maximum atomic E-state index is 5.57. The maximum absolute atomic E-state index is 5.57. The minimum absolute atomic E-state index is 0.380. The number of nitrogen functional groups attached to an aromatic ring is 1. The molecule has 3 aromatic heterocycles. The van der Waals surface area contributed by atoms with Gasteiger partial charge in [-0.05, 0) is 24.3 Å². The van der Waals surface area contributed by atoms with Gasteiger partial charge in [-0.25, -0.2) is 4.98 Å². The van der Waals surface area contributed by atoms with Gasteiger partial charge in [0.2, 0.25) is 0 Å². The summed E-state index contributed by atoms with van der Waals surface area (Å²) in [6, 6.07) is 7.20. The molecule has 0 saturated carbocycles. The van der Waals surface area contributed by atoms with Crippen molar-refractivity contribution in [2.45, 2.75) is 10.8 Å². The zero-order chi connectivity index (χ0) is 13.1. The summed E-state index contributed by atoms with van der Waals surface area (Å²) in [5.74, 6) is 2.11. The van der Waals surface area contributed by atoms with Crippen LogP contribution in [0.4, 0.5) is 5.69 Å². The van der Waals surface area contributed by atoms with Gasteiger partial charge in [-0.1, -0.05) is 16.9 Å². The van der Waals surface area contributed by atoms with E-state index in [0.29, 0.717) is 28.9 Å². The van der Waals surface area contributed by atoms with Crippen LogP contribution < -0.4 is 5.73 Å². The molecule has 6 nitrogen and oxygen atoms in total. The Morgan fingerprint density at radius 1 is 1.26 bits per heavy atom. The molecule has 0 saturated heterocycles. The van der Waals surface area contributed by atoms with Crippen LogP contribution in [0.15, 0.2) is 50.7 Å². The molecule has 0 atom stereocenters. The fourth-order valence-corrected chi connectivity index (χ4v) is 2.11. The lowest BCUT2D eigenvalue weighted by Gasteiger charge is -1.97. The highest BCUT2D eigenvalue weighted by atomic mass is 32.2. The first kappa shape index (κ1) is 11.8. The molecule has 0 aliphatic rings. The molecule has 0 amide bonds. The summed E-state index contributed by atoms with van der Waals surface area (Å²) in [7, 11) is 0. The van der Waals surface area contributed by atoms with E-state index in [0.717, 1.165) is 5.03 Å². The molecule has 0 spiro atoms. The third kappa shape index (κ3) is 2.76. The molecule has 0 bridgehead atoms. The largest absolute Gasteiger partial charge is 0.459 e. The van der Waals surface area contributed by atoms with Crippen LogP contribution in [0.1, 0.15) is 5.82 Å². The van der Waals surface area contributed by atoms with Gasteiger partial charge in [0, 0.05) is 0 Å². The number of hydrogen-bond donors (Lipinski definition) is 1. The smallest absolute Gasteiger partial charge is 0.293 e. The summed E-state index contributed by atoms with van der Waals surface area (Å²) in [5.41, 5.74) is 6.21. The van der Waals surface area contributed by atoms with Gasteiger partial charge in [-0.3, -0.25) is 0 Å². The molecule has 96 valence electrons. The fraction of sp³-hybridized carbons (Fsp3) is 0.0833. The lowest BCUT2D eigenvalue weighted by molar-refractivity contribution is 0.411. The van der Waals surface area contributed by atoms with Gasteiger partial charge in [-0.15, -0.1) is 0 Å². The third-order valence-electron chi connectivity index (χ3n) is 2.31. The summed E-state index contributed by atoms with van der Waals surface area (Å²) in [6.07, 6.45) is 3.18. The van der Waals surface area contributed by atoms with Crippen LogP contribution in [0.5, 0.6) is 0 Å². The Bertz CT molecular complexity index is 649. The summed E-state index contributed by atoms with van der Waals surface area (Å²) < 4.78 is 10.3. The number of anilines is 1. The Kier molecular flexibility index (Phi) is 3.20. The van der Waals surface area contributed by atoms with Crippen LogP contribution in [-0.4, -0.2) is 15.1 Å². The number of nitrogens with zero attached hydrogens (tertiary/aromatic N) is 3. The van der Waals surface area contributed by atoms with Crippen LogP contribution in [0, 0.1) is 0 Å². The zero-order valence-electron chi connectivity index (χ0n) is 9.81. The predicted octanol–water partition coefficient (Wildman–Crippen LogP) is 2.60. The first-order chi connectivity index (χ1) is 9.31. The molecule has 0 aliphatic carbocycles. The first-order valence-electron chi connectivity index (χ1n) is 5.52. The van der Waals surface area contributed by atoms with Crippen LogP contribution >= 0.6 is 11.8 Å². The van der Waals surface area contributed by atoms with Crippen molar-refractivity contribution in [1.82, 2.24) is 15.1 Å². The minimum atomic E-state index is 0.380. The van der Waals surface area contributed by atoms with Crippen molar-refractivity contribution < 1.29 is 8.94 Å². The molecule has 0 unspecified atom stereocenters. The van der Waals surface area contributed by atoms with E-state index in [-0.39, 0.29) is 0 Å². The molecular formula is C12H10N4O2S. The molecule has 7 heteroatoms. The number of furan rings is 1. The number of aromatic nitrogens is 3. The van der Waals surface area contributed by atoms with Crippen molar-refractivity contribution in [3.8, 4) is 11.7 Å². The van der Waals surface area contributed by atoms with Crippen molar-refractivity contribution in [2.24, 2.45) is 0 Å². The highest BCUT2D eigenvalue weighted by Gasteiger charge is 2.11. The lowest BCUT2D eigenvalue weighted by atomic mass is 10.4. The van der Waals surface area contributed by atoms with Crippen molar-refractivity contribution in [3.05, 3.63) is 42.5 Å². The summed E-state index contributed by atoms with van der Waals surface area (Å²) >= 11 is 1.51. The number of rotatable bonds is 4. The van der Waals surface area contributed by atoms with E-state index >= 15 is 0 Å². The first-order valence-corrected chi connectivity index (χ1v) is 6.50. The van der Waals surface area contributed by atoms with Gasteiger partial charge in [0.05, 0.1) is 28.9 Å². The van der Waals surface area contributed by atoms with Gasteiger partial charge in [0.15, 0.2) is 11.6 Å². The molecule has 0 aliphatic heterocycles.